The summed E-state index contributed by atoms with van der Waals surface area (Å²) >= 11 is 0. The van der Waals surface area contributed by atoms with Crippen LogP contribution in [-0.2, 0) is 23.9 Å². The molecular formula is C48H91NO5. The molecule has 0 spiro atoms. The van der Waals surface area contributed by atoms with Gasteiger partial charge in [-0.1, -0.05) is 214 Å². The van der Waals surface area contributed by atoms with Gasteiger partial charge in [0.05, 0.1) is 24.9 Å². The molecule has 0 aliphatic rings. The fourth-order valence-electron chi connectivity index (χ4n) is 7.48. The third-order valence-corrected chi connectivity index (χ3v) is 11.2. The fraction of sp³-hybridized carbons (Fsp3) is 0.896. The molecule has 0 aromatic rings. The zero-order valence-electron chi connectivity index (χ0n) is 36.8. The molecule has 0 saturated carbocycles. The van der Waals surface area contributed by atoms with Crippen LogP contribution in [0.15, 0.2) is 12.2 Å². The Morgan fingerprint density at radius 2 is 0.667 bits per heavy atom. The first kappa shape index (κ1) is 52.2. The highest BCUT2D eigenvalue weighted by atomic mass is 16.5. The van der Waals surface area contributed by atoms with E-state index in [0.29, 0.717) is 5.57 Å². The minimum absolute atomic E-state index is 0.0767. The first-order chi connectivity index (χ1) is 26.3. The van der Waals surface area contributed by atoms with E-state index < -0.39 is 0 Å². The van der Waals surface area contributed by atoms with Crippen molar-refractivity contribution in [2.45, 2.75) is 240 Å². The molecule has 0 saturated heterocycles. The number of nitrogens with zero attached hydrogens (tertiary/aromatic N) is 1. The van der Waals surface area contributed by atoms with Gasteiger partial charge < -0.3 is 14.4 Å². The molecule has 6 heteroatoms. The predicted octanol–water partition coefficient (Wildman–Crippen LogP) is 14.3. The van der Waals surface area contributed by atoms with Gasteiger partial charge in [0, 0.05) is 5.57 Å². The molecular weight excluding hydrogens is 671 g/mol. The Morgan fingerprint density at radius 1 is 0.426 bits per heavy atom. The van der Waals surface area contributed by atoms with Crippen molar-refractivity contribution in [2.24, 2.45) is 11.8 Å². The number of hydrogen-bond acceptors (Lipinski definition) is 5. The topological polar surface area (TPSA) is 72.9 Å². The van der Waals surface area contributed by atoms with Gasteiger partial charge in [0.2, 0.25) is 5.91 Å². The maximum atomic E-state index is 13.4. The van der Waals surface area contributed by atoms with Gasteiger partial charge in [0.1, 0.15) is 13.2 Å². The lowest BCUT2D eigenvalue weighted by Crippen LogP contribution is -2.38. The predicted molar refractivity (Wildman–Crippen MR) is 231 cm³/mol. The second kappa shape index (κ2) is 39.4. The number of esters is 2. The van der Waals surface area contributed by atoms with Crippen LogP contribution in [0.5, 0.6) is 0 Å². The van der Waals surface area contributed by atoms with Gasteiger partial charge in [-0.2, -0.15) is 0 Å². The Balaban J connectivity index is 5.07. The molecule has 0 fully saturated rings. The lowest BCUT2D eigenvalue weighted by Gasteiger charge is -2.24. The molecule has 0 radical (unpaired) electrons. The van der Waals surface area contributed by atoms with Crippen molar-refractivity contribution in [2.75, 3.05) is 26.3 Å². The average molecular weight is 762 g/mol. The van der Waals surface area contributed by atoms with E-state index in [-0.39, 0.29) is 56.0 Å². The van der Waals surface area contributed by atoms with E-state index in [0.717, 1.165) is 51.4 Å². The number of carbonyl (C=O) groups excluding carboxylic acids is 3. The van der Waals surface area contributed by atoms with Crippen LogP contribution in [0.1, 0.15) is 240 Å². The van der Waals surface area contributed by atoms with Gasteiger partial charge in [-0.3, -0.25) is 14.4 Å². The summed E-state index contributed by atoms with van der Waals surface area (Å²) in [6.07, 6.45) is 38.0. The molecule has 0 rings (SSSR count). The maximum absolute atomic E-state index is 13.4. The third kappa shape index (κ3) is 31.4. The van der Waals surface area contributed by atoms with E-state index >= 15 is 0 Å². The number of ether oxygens (including phenoxy) is 2. The Morgan fingerprint density at radius 3 is 0.907 bits per heavy atom. The summed E-state index contributed by atoms with van der Waals surface area (Å²) in [7, 11) is 0. The molecule has 0 atom stereocenters. The van der Waals surface area contributed by atoms with E-state index in [9.17, 15) is 14.4 Å². The quantitative estimate of drug-likeness (QED) is 0.0352. The van der Waals surface area contributed by atoms with Gasteiger partial charge in [-0.25, -0.2) is 0 Å². The first-order valence-electron chi connectivity index (χ1n) is 23.6. The van der Waals surface area contributed by atoms with Gasteiger partial charge >= 0.3 is 11.9 Å². The minimum Gasteiger partial charge on any atom is -0.464 e. The van der Waals surface area contributed by atoms with Crippen molar-refractivity contribution in [1.29, 1.82) is 0 Å². The summed E-state index contributed by atoms with van der Waals surface area (Å²) in [4.78, 5) is 41.4. The van der Waals surface area contributed by atoms with Gasteiger partial charge in [0.25, 0.3) is 0 Å². The molecule has 6 nitrogen and oxygen atoms in total. The van der Waals surface area contributed by atoms with Crippen LogP contribution in [0, 0.1) is 11.8 Å². The number of unbranched alkanes of at least 4 members (excludes halogenated alkanes) is 24. The van der Waals surface area contributed by atoms with Crippen molar-refractivity contribution in [3.63, 3.8) is 0 Å². The van der Waals surface area contributed by atoms with Gasteiger partial charge in [-0.15, -0.1) is 0 Å². The molecule has 0 heterocycles. The molecule has 0 bridgehead atoms. The number of rotatable bonds is 41. The summed E-state index contributed by atoms with van der Waals surface area (Å²) in [5, 5.41) is 0. The first-order valence-corrected chi connectivity index (χ1v) is 23.6. The lowest BCUT2D eigenvalue weighted by atomic mass is 9.94. The van der Waals surface area contributed by atoms with Crippen LogP contribution >= 0.6 is 0 Å². The second-order valence-electron chi connectivity index (χ2n) is 16.4. The number of hydrogen-bond donors (Lipinski definition) is 0. The average Bonchev–Trinajstić information content (AvgIpc) is 3.16. The Labute approximate surface area is 336 Å². The smallest absolute Gasteiger partial charge is 0.308 e. The largest absolute Gasteiger partial charge is 0.464 e. The van der Waals surface area contributed by atoms with Crippen LogP contribution < -0.4 is 0 Å². The van der Waals surface area contributed by atoms with E-state index in [4.69, 9.17) is 9.47 Å². The summed E-state index contributed by atoms with van der Waals surface area (Å²) in [6.45, 7) is 15.4. The SMILES string of the molecule is C=C(C)C(=O)N(CCOC(=O)C(CCCCCCCCC)CCCCCCCCC)CCOC(=O)C(CCCCCCCCC)CCCCCCCCC. The van der Waals surface area contributed by atoms with Crippen molar-refractivity contribution < 1.29 is 23.9 Å². The standard InChI is InChI=1S/C48H91NO5/c1-7-11-15-19-23-27-31-35-44(36-32-28-24-20-16-12-8-2)47(51)53-41-39-49(46(50)43(5)6)40-42-54-48(52)45(37-33-29-25-21-17-13-9-3)38-34-30-26-22-18-14-10-4/h44-45H,5,7-42H2,1-4,6H3. The van der Waals surface area contributed by atoms with Crippen molar-refractivity contribution >= 4 is 17.8 Å². The lowest BCUT2D eigenvalue weighted by molar-refractivity contribution is -0.151. The summed E-state index contributed by atoms with van der Waals surface area (Å²) in [5.41, 5.74) is 0.430. The molecule has 1 amide bonds. The summed E-state index contributed by atoms with van der Waals surface area (Å²) in [6, 6.07) is 0. The van der Waals surface area contributed by atoms with E-state index in [2.05, 4.69) is 34.3 Å². The highest BCUT2D eigenvalue weighted by Gasteiger charge is 2.23. The summed E-state index contributed by atoms with van der Waals surface area (Å²) in [5.74, 6) is -0.592. The maximum Gasteiger partial charge on any atom is 0.308 e. The van der Waals surface area contributed by atoms with Crippen molar-refractivity contribution in [3.8, 4) is 0 Å². The van der Waals surface area contributed by atoms with Crippen LogP contribution in [0.2, 0.25) is 0 Å². The van der Waals surface area contributed by atoms with Crippen molar-refractivity contribution in [3.05, 3.63) is 12.2 Å². The Hall–Kier alpha value is -1.85. The van der Waals surface area contributed by atoms with Gasteiger partial charge in [0.15, 0.2) is 0 Å². The van der Waals surface area contributed by atoms with E-state index in [1.165, 1.54) is 154 Å². The van der Waals surface area contributed by atoms with Crippen molar-refractivity contribution in [1.82, 2.24) is 4.90 Å². The normalized spacial score (nSPS) is 11.4. The number of carbonyl (C=O) groups is 3. The van der Waals surface area contributed by atoms with E-state index in [1.54, 1.807) is 11.8 Å². The van der Waals surface area contributed by atoms with Crippen LogP contribution in [0.3, 0.4) is 0 Å². The zero-order valence-corrected chi connectivity index (χ0v) is 36.8. The van der Waals surface area contributed by atoms with Gasteiger partial charge in [-0.05, 0) is 32.6 Å². The fourth-order valence-corrected chi connectivity index (χ4v) is 7.48. The monoisotopic (exact) mass is 762 g/mol. The highest BCUT2D eigenvalue weighted by Crippen LogP contribution is 2.23. The Bertz CT molecular complexity index is 794. The number of amides is 1. The minimum atomic E-state index is -0.188. The molecule has 0 aromatic carbocycles. The highest BCUT2D eigenvalue weighted by molar-refractivity contribution is 5.92. The van der Waals surface area contributed by atoms with Crippen LogP contribution in [0.4, 0.5) is 0 Å². The second-order valence-corrected chi connectivity index (χ2v) is 16.4. The van der Waals surface area contributed by atoms with Crippen LogP contribution in [-0.4, -0.2) is 49.0 Å². The van der Waals surface area contributed by atoms with Crippen LogP contribution in [0.25, 0.3) is 0 Å². The summed E-state index contributed by atoms with van der Waals surface area (Å²) < 4.78 is 11.7. The molecule has 318 valence electrons. The van der Waals surface area contributed by atoms with E-state index in [1.807, 2.05) is 0 Å². The Kier molecular flexibility index (Phi) is 38.0. The third-order valence-electron chi connectivity index (χ3n) is 11.2. The molecule has 0 unspecified atom stereocenters. The molecule has 0 aliphatic heterocycles. The molecule has 0 N–H and O–H groups in total. The molecule has 54 heavy (non-hydrogen) atoms. The molecule has 0 aromatic heterocycles. The zero-order chi connectivity index (χ0) is 39.9. The molecule has 0 aliphatic carbocycles.